The Hall–Kier alpha value is -3.76. The lowest BCUT2D eigenvalue weighted by Crippen LogP contribution is -2.37. The fourth-order valence-corrected chi connectivity index (χ4v) is 6.21. The minimum absolute atomic E-state index is 0.182. The van der Waals surface area contributed by atoms with E-state index in [0.717, 1.165) is 16.5 Å². The van der Waals surface area contributed by atoms with E-state index >= 15 is 0 Å². The zero-order valence-corrected chi connectivity index (χ0v) is 23.1. The summed E-state index contributed by atoms with van der Waals surface area (Å²) in [6, 6.07) is 7.00. The fourth-order valence-electron chi connectivity index (χ4n) is 4.55. The Labute approximate surface area is 237 Å². The number of benzene rings is 1. The molecule has 0 radical (unpaired) electrons. The molecule has 3 aromatic heterocycles. The van der Waals surface area contributed by atoms with Gasteiger partial charge in [-0.2, -0.15) is 0 Å². The van der Waals surface area contributed by atoms with Crippen LogP contribution in [0.15, 0.2) is 43.1 Å². The number of nitrogens with two attached hydrogens (primary N) is 2. The van der Waals surface area contributed by atoms with Gasteiger partial charge in [0.25, 0.3) is 0 Å². The molecule has 0 spiro atoms. The van der Waals surface area contributed by atoms with Gasteiger partial charge in [-0.05, 0) is 28.9 Å². The first kappa shape index (κ1) is 30.2. The van der Waals surface area contributed by atoms with Crippen LogP contribution in [0.4, 0.5) is 5.82 Å². The van der Waals surface area contributed by atoms with Crippen molar-refractivity contribution in [2.45, 2.75) is 49.8 Å². The number of aliphatic hydroxyl groups excluding tert-OH is 2. The molecule has 0 aliphatic carbocycles. The third kappa shape index (κ3) is 7.12. The van der Waals surface area contributed by atoms with E-state index in [9.17, 15) is 19.8 Å². The number of carbonyl (C=O) groups is 2. The summed E-state index contributed by atoms with van der Waals surface area (Å²) in [5.41, 5.74) is 14.2. The number of imidazole rings is 1. The molecule has 1 aliphatic rings. The number of hydrogen-bond acceptors (Lipinski definition) is 10. The van der Waals surface area contributed by atoms with Crippen LogP contribution in [0.25, 0.3) is 22.1 Å². The number of nitrogens with zero attached hydrogens (tertiary/aromatic N) is 4. The Bertz CT molecular complexity index is 1500. The number of aromatic nitrogens is 5. The minimum Gasteiger partial charge on any atom is -0.481 e. The second kappa shape index (κ2) is 13.3. The standard InChI is InChI=1S/C15H22N6O5S.C11H11NO2/c1-27(3-2-7(16)15(24)25)4-8-10(22)11(23)14(26-8)21-6-20-9-12(17)18-5-19-13(9)21;13-11(14)6-5-8-7-12-10-4-2-1-3-9(8)10/h5-8,10-11,14,22-23H,2-4,16H2,1H3,(H2-,17,18,19,24,25);1-4,7,12H,5-6H2,(H,13,14)/p+1/t7-,8+,10+,11+,14+,27?;/m0./s1. The summed E-state index contributed by atoms with van der Waals surface area (Å²) < 4.78 is 7.41. The summed E-state index contributed by atoms with van der Waals surface area (Å²) >= 11 is 0. The number of anilines is 1. The summed E-state index contributed by atoms with van der Waals surface area (Å²) in [5.74, 6) is -0.500. The van der Waals surface area contributed by atoms with E-state index in [0.29, 0.717) is 35.5 Å². The molecular weight excluding hydrogens is 554 g/mol. The highest BCUT2D eigenvalue weighted by molar-refractivity contribution is 7.96. The van der Waals surface area contributed by atoms with Crippen molar-refractivity contribution < 1.29 is 34.8 Å². The van der Waals surface area contributed by atoms with Gasteiger partial charge in [-0.1, -0.05) is 18.2 Å². The van der Waals surface area contributed by atoms with E-state index in [2.05, 4.69) is 19.9 Å². The van der Waals surface area contributed by atoms with Crippen LogP contribution in [-0.2, 0) is 31.6 Å². The van der Waals surface area contributed by atoms with Crippen molar-refractivity contribution in [3.63, 3.8) is 0 Å². The number of fused-ring (bicyclic) bond motifs is 2. The Morgan fingerprint density at radius 2 is 1.93 bits per heavy atom. The lowest BCUT2D eigenvalue weighted by molar-refractivity contribution is -0.139. The maximum atomic E-state index is 10.8. The Kier molecular flexibility index (Phi) is 9.77. The highest BCUT2D eigenvalue weighted by Gasteiger charge is 2.46. The Morgan fingerprint density at radius 1 is 1.17 bits per heavy atom. The van der Waals surface area contributed by atoms with Crippen LogP contribution in [0, 0.1) is 0 Å². The number of carboxylic acids is 2. The predicted molar refractivity (Wildman–Crippen MR) is 153 cm³/mol. The molecule has 1 fully saturated rings. The largest absolute Gasteiger partial charge is 0.481 e. The van der Waals surface area contributed by atoms with Gasteiger partial charge in [-0.3, -0.25) is 14.2 Å². The van der Waals surface area contributed by atoms with E-state index in [1.807, 2.05) is 36.7 Å². The molecule has 4 aromatic rings. The van der Waals surface area contributed by atoms with Crippen molar-refractivity contribution in [1.82, 2.24) is 24.5 Å². The number of rotatable bonds is 10. The van der Waals surface area contributed by atoms with E-state index in [4.69, 9.17) is 26.4 Å². The summed E-state index contributed by atoms with van der Waals surface area (Å²) in [6.07, 6.45) is 3.96. The number of aryl methyl sites for hydroxylation is 1. The second-order valence-corrected chi connectivity index (χ2v) is 12.1. The van der Waals surface area contributed by atoms with Crippen molar-refractivity contribution in [1.29, 1.82) is 0 Å². The number of hydrogen-bond donors (Lipinski definition) is 7. The van der Waals surface area contributed by atoms with Crippen LogP contribution < -0.4 is 11.5 Å². The molecule has 220 valence electrons. The second-order valence-electron chi connectivity index (χ2n) is 9.77. The molecule has 6 atom stereocenters. The summed E-state index contributed by atoms with van der Waals surface area (Å²) in [6.45, 7) is 0. The first-order chi connectivity index (χ1) is 19.6. The average Bonchev–Trinajstić information content (AvgIpc) is 3.64. The molecule has 5 rings (SSSR count). The van der Waals surface area contributed by atoms with Crippen molar-refractivity contribution >= 4 is 50.7 Å². The Morgan fingerprint density at radius 3 is 2.66 bits per heavy atom. The van der Waals surface area contributed by atoms with Gasteiger partial charge >= 0.3 is 11.9 Å². The molecule has 9 N–H and O–H groups in total. The Balaban J connectivity index is 0.000000231. The lowest BCUT2D eigenvalue weighted by Gasteiger charge is -2.16. The maximum Gasteiger partial charge on any atom is 0.320 e. The molecule has 0 bridgehead atoms. The molecule has 41 heavy (non-hydrogen) atoms. The first-order valence-corrected chi connectivity index (χ1v) is 14.8. The van der Waals surface area contributed by atoms with E-state index in [-0.39, 0.29) is 23.1 Å². The van der Waals surface area contributed by atoms with Crippen LogP contribution in [0.1, 0.15) is 24.6 Å². The number of ether oxygens (including phenoxy) is 1. The van der Waals surface area contributed by atoms with Crippen LogP contribution >= 0.6 is 0 Å². The number of aromatic amines is 1. The van der Waals surface area contributed by atoms with Gasteiger partial charge < -0.3 is 41.6 Å². The number of carboxylic acid groups (broad SMARTS) is 2. The number of para-hydroxylation sites is 1. The van der Waals surface area contributed by atoms with Crippen molar-refractivity contribution in [3.05, 3.63) is 48.7 Å². The third-order valence-electron chi connectivity index (χ3n) is 6.82. The van der Waals surface area contributed by atoms with Crippen LogP contribution in [0.3, 0.4) is 0 Å². The number of nitrogens with one attached hydrogen (secondary N) is 1. The molecular formula is C26H34N7O7S+. The smallest absolute Gasteiger partial charge is 0.320 e. The molecule has 1 saturated heterocycles. The van der Waals surface area contributed by atoms with Gasteiger partial charge in [0.1, 0.15) is 47.7 Å². The highest BCUT2D eigenvalue weighted by atomic mass is 32.2. The van der Waals surface area contributed by atoms with Crippen LogP contribution in [0.5, 0.6) is 0 Å². The molecule has 0 saturated carbocycles. The molecule has 1 aromatic carbocycles. The molecule has 14 nitrogen and oxygen atoms in total. The first-order valence-electron chi connectivity index (χ1n) is 12.9. The molecule has 4 heterocycles. The van der Waals surface area contributed by atoms with E-state index < -0.39 is 42.5 Å². The highest BCUT2D eigenvalue weighted by Crippen LogP contribution is 2.32. The normalized spacial score (nSPS) is 21.9. The summed E-state index contributed by atoms with van der Waals surface area (Å²) in [7, 11) is -0.235. The quantitative estimate of drug-likeness (QED) is 0.124. The van der Waals surface area contributed by atoms with Crippen LogP contribution in [-0.4, -0.2) is 99.0 Å². The number of nitrogen functional groups attached to an aromatic ring is 1. The average molecular weight is 589 g/mol. The number of H-pyrrole nitrogens is 1. The van der Waals surface area contributed by atoms with Gasteiger partial charge in [0, 0.05) is 29.9 Å². The topological polar surface area (TPSA) is 236 Å². The summed E-state index contributed by atoms with van der Waals surface area (Å²) in [5, 5.41) is 39.4. The fraction of sp³-hybridized carbons (Fsp3) is 0.423. The maximum absolute atomic E-state index is 10.8. The minimum atomic E-state index is -1.16. The SMILES string of the molecule is C[S+](CC[C@H](N)C(=O)O)C[C@H]1O[C@@H](n2cnc3c(N)ncnc32)[C@H](O)[C@@H]1O.O=C(O)CCc1c[nH]c2ccccc12. The molecule has 1 unspecified atom stereocenters. The lowest BCUT2D eigenvalue weighted by atomic mass is 10.1. The van der Waals surface area contributed by atoms with E-state index in [1.54, 1.807) is 0 Å². The monoisotopic (exact) mass is 588 g/mol. The number of aliphatic carboxylic acids is 2. The predicted octanol–water partition coefficient (Wildman–Crippen LogP) is 0.263. The molecule has 1 aliphatic heterocycles. The molecule has 0 amide bonds. The zero-order chi connectivity index (χ0) is 29.7. The van der Waals surface area contributed by atoms with Crippen molar-refractivity contribution in [2.24, 2.45) is 5.73 Å². The molecule has 15 heteroatoms. The van der Waals surface area contributed by atoms with Gasteiger partial charge in [0.2, 0.25) is 0 Å². The van der Waals surface area contributed by atoms with Crippen LogP contribution in [0.2, 0.25) is 0 Å². The van der Waals surface area contributed by atoms with Gasteiger partial charge in [-0.15, -0.1) is 0 Å². The van der Waals surface area contributed by atoms with Crippen molar-refractivity contribution in [2.75, 3.05) is 23.5 Å². The van der Waals surface area contributed by atoms with Gasteiger partial charge in [0.05, 0.1) is 12.6 Å². The zero-order valence-electron chi connectivity index (χ0n) is 22.3. The summed E-state index contributed by atoms with van der Waals surface area (Å²) in [4.78, 5) is 36.5. The van der Waals surface area contributed by atoms with Gasteiger partial charge in [0.15, 0.2) is 17.7 Å². The van der Waals surface area contributed by atoms with Crippen molar-refractivity contribution in [3.8, 4) is 0 Å². The van der Waals surface area contributed by atoms with Gasteiger partial charge in [-0.25, -0.2) is 15.0 Å². The van der Waals surface area contributed by atoms with E-state index in [1.165, 1.54) is 17.2 Å². The number of aliphatic hydroxyl groups is 2. The third-order valence-corrected chi connectivity index (χ3v) is 8.66.